The Morgan fingerprint density at radius 2 is 1.89 bits per heavy atom. The number of carbonyl (C=O) groups excluding carboxylic acids is 1. The zero-order valence-corrected chi connectivity index (χ0v) is 11.5. The summed E-state index contributed by atoms with van der Waals surface area (Å²) < 4.78 is 0. The van der Waals surface area contributed by atoms with Gasteiger partial charge in [0.1, 0.15) is 5.54 Å². The maximum absolute atomic E-state index is 12.1. The van der Waals surface area contributed by atoms with E-state index in [9.17, 15) is 14.7 Å². The summed E-state index contributed by atoms with van der Waals surface area (Å²) in [6.45, 7) is 6.16. The first kappa shape index (κ1) is 13.4. The van der Waals surface area contributed by atoms with E-state index in [2.05, 4.69) is 12.2 Å². The Hall–Kier alpha value is -1.06. The van der Waals surface area contributed by atoms with E-state index in [1.54, 1.807) is 0 Å². The lowest BCUT2D eigenvalue weighted by molar-refractivity contribution is -0.150. The third kappa shape index (κ3) is 2.38. The average Bonchev–Trinajstić information content (AvgIpc) is 2.87. The van der Waals surface area contributed by atoms with Crippen LogP contribution in [0.4, 0.5) is 0 Å². The first-order valence-electron chi connectivity index (χ1n) is 6.82. The quantitative estimate of drug-likeness (QED) is 0.810. The van der Waals surface area contributed by atoms with E-state index in [-0.39, 0.29) is 17.2 Å². The number of nitrogens with one attached hydrogen (secondary N) is 1. The van der Waals surface area contributed by atoms with Crippen molar-refractivity contribution in [3.63, 3.8) is 0 Å². The van der Waals surface area contributed by atoms with Crippen LogP contribution < -0.4 is 5.32 Å². The number of carboxylic acid groups (broad SMARTS) is 1. The van der Waals surface area contributed by atoms with Crippen molar-refractivity contribution < 1.29 is 14.7 Å². The Balaban J connectivity index is 2.07. The Bertz CT molecular complexity index is 377. The Kier molecular flexibility index (Phi) is 3.16. The van der Waals surface area contributed by atoms with Gasteiger partial charge in [-0.15, -0.1) is 0 Å². The van der Waals surface area contributed by atoms with Crippen LogP contribution in [0, 0.1) is 17.3 Å². The SMILES string of the molecule is CC1CCCC(NC(=O)C2CC2(C)C)(C(=O)O)C1. The number of carbonyl (C=O) groups is 2. The van der Waals surface area contributed by atoms with E-state index < -0.39 is 11.5 Å². The molecule has 2 aliphatic rings. The van der Waals surface area contributed by atoms with Crippen molar-refractivity contribution in [2.75, 3.05) is 0 Å². The van der Waals surface area contributed by atoms with Gasteiger partial charge in [0.15, 0.2) is 0 Å². The van der Waals surface area contributed by atoms with Gasteiger partial charge in [-0.05, 0) is 30.6 Å². The van der Waals surface area contributed by atoms with Crippen LogP contribution in [0.2, 0.25) is 0 Å². The number of amides is 1. The highest BCUT2D eigenvalue weighted by Crippen LogP contribution is 2.52. The number of aliphatic carboxylic acids is 1. The smallest absolute Gasteiger partial charge is 0.329 e. The van der Waals surface area contributed by atoms with Gasteiger partial charge in [0.2, 0.25) is 5.91 Å². The summed E-state index contributed by atoms with van der Waals surface area (Å²) in [6.07, 6.45) is 3.92. The molecule has 2 aliphatic carbocycles. The monoisotopic (exact) mass is 253 g/mol. The first-order valence-corrected chi connectivity index (χ1v) is 6.82. The molecule has 1 amide bonds. The summed E-state index contributed by atoms with van der Waals surface area (Å²) in [5, 5.41) is 12.3. The summed E-state index contributed by atoms with van der Waals surface area (Å²) in [4.78, 5) is 23.7. The van der Waals surface area contributed by atoms with Gasteiger partial charge in [-0.25, -0.2) is 4.79 Å². The lowest BCUT2D eigenvalue weighted by Gasteiger charge is -2.37. The normalized spacial score (nSPS) is 37.9. The van der Waals surface area contributed by atoms with E-state index in [0.29, 0.717) is 18.8 Å². The molecular formula is C14H23NO3. The fourth-order valence-corrected chi connectivity index (χ4v) is 3.15. The Morgan fingerprint density at radius 1 is 1.28 bits per heavy atom. The molecule has 0 radical (unpaired) electrons. The molecule has 0 aromatic carbocycles. The third-order valence-corrected chi connectivity index (χ3v) is 4.60. The minimum absolute atomic E-state index is 0.00837. The summed E-state index contributed by atoms with van der Waals surface area (Å²) in [7, 11) is 0. The molecule has 0 bridgehead atoms. The largest absolute Gasteiger partial charge is 0.480 e. The van der Waals surface area contributed by atoms with E-state index in [1.165, 1.54) is 0 Å². The van der Waals surface area contributed by atoms with Crippen molar-refractivity contribution in [2.45, 2.75) is 58.4 Å². The highest BCUT2D eigenvalue weighted by atomic mass is 16.4. The first-order chi connectivity index (χ1) is 8.27. The topological polar surface area (TPSA) is 66.4 Å². The molecule has 0 spiro atoms. The van der Waals surface area contributed by atoms with Crippen LogP contribution >= 0.6 is 0 Å². The Morgan fingerprint density at radius 3 is 2.33 bits per heavy atom. The Labute approximate surface area is 108 Å². The summed E-state index contributed by atoms with van der Waals surface area (Å²) >= 11 is 0. The molecule has 3 unspecified atom stereocenters. The van der Waals surface area contributed by atoms with Crippen molar-refractivity contribution >= 4 is 11.9 Å². The third-order valence-electron chi connectivity index (χ3n) is 4.60. The molecule has 102 valence electrons. The molecule has 4 heteroatoms. The molecule has 0 aromatic heterocycles. The van der Waals surface area contributed by atoms with Crippen LogP contribution in [0.25, 0.3) is 0 Å². The second-order valence-electron chi connectivity index (χ2n) is 6.82. The fraction of sp³-hybridized carbons (Fsp3) is 0.857. The summed E-state index contributed by atoms with van der Waals surface area (Å²) in [5.41, 5.74) is -0.975. The van der Waals surface area contributed by atoms with Crippen LogP contribution in [0.1, 0.15) is 52.9 Å². The van der Waals surface area contributed by atoms with Gasteiger partial charge in [0.05, 0.1) is 0 Å². The standard InChI is InChI=1S/C14H23NO3/c1-9-5-4-6-14(7-9,12(17)18)15-11(16)10-8-13(10,2)3/h9-10H,4-8H2,1-3H3,(H,15,16)(H,17,18). The van der Waals surface area contributed by atoms with Gasteiger partial charge < -0.3 is 10.4 Å². The van der Waals surface area contributed by atoms with Crippen LogP contribution in [0.15, 0.2) is 0 Å². The lowest BCUT2D eigenvalue weighted by Crippen LogP contribution is -2.57. The van der Waals surface area contributed by atoms with Crippen LogP contribution in [0.3, 0.4) is 0 Å². The van der Waals surface area contributed by atoms with Crippen molar-refractivity contribution in [3.8, 4) is 0 Å². The predicted molar refractivity (Wildman–Crippen MR) is 68.0 cm³/mol. The number of carboxylic acids is 1. The van der Waals surface area contributed by atoms with Gasteiger partial charge in [-0.2, -0.15) is 0 Å². The van der Waals surface area contributed by atoms with E-state index in [0.717, 1.165) is 19.3 Å². The van der Waals surface area contributed by atoms with Gasteiger partial charge in [-0.1, -0.05) is 33.6 Å². The molecular weight excluding hydrogens is 230 g/mol. The maximum Gasteiger partial charge on any atom is 0.329 e. The molecule has 3 atom stereocenters. The minimum atomic E-state index is -1.02. The molecule has 0 aromatic rings. The molecule has 2 saturated carbocycles. The number of hydrogen-bond acceptors (Lipinski definition) is 2. The highest BCUT2D eigenvalue weighted by molar-refractivity contribution is 5.89. The van der Waals surface area contributed by atoms with Crippen LogP contribution in [-0.4, -0.2) is 22.5 Å². The lowest BCUT2D eigenvalue weighted by atomic mass is 9.76. The van der Waals surface area contributed by atoms with Crippen molar-refractivity contribution in [1.29, 1.82) is 0 Å². The van der Waals surface area contributed by atoms with Crippen LogP contribution in [-0.2, 0) is 9.59 Å². The molecule has 2 fully saturated rings. The molecule has 18 heavy (non-hydrogen) atoms. The number of hydrogen-bond donors (Lipinski definition) is 2. The molecule has 0 aliphatic heterocycles. The predicted octanol–water partition coefficient (Wildman–Crippen LogP) is 2.18. The van der Waals surface area contributed by atoms with Crippen molar-refractivity contribution in [2.24, 2.45) is 17.3 Å². The summed E-state index contributed by atoms with van der Waals surface area (Å²) in [6, 6.07) is 0. The van der Waals surface area contributed by atoms with Crippen molar-refractivity contribution in [3.05, 3.63) is 0 Å². The summed E-state index contributed by atoms with van der Waals surface area (Å²) in [5.74, 6) is -0.592. The highest BCUT2D eigenvalue weighted by Gasteiger charge is 2.53. The van der Waals surface area contributed by atoms with E-state index in [1.807, 2.05) is 13.8 Å². The second kappa shape index (κ2) is 4.25. The van der Waals surface area contributed by atoms with Crippen molar-refractivity contribution in [1.82, 2.24) is 5.32 Å². The fourth-order valence-electron chi connectivity index (χ4n) is 3.15. The van der Waals surface area contributed by atoms with Gasteiger partial charge >= 0.3 is 5.97 Å². The van der Waals surface area contributed by atoms with Gasteiger partial charge in [-0.3, -0.25) is 4.79 Å². The molecule has 0 heterocycles. The molecule has 4 nitrogen and oxygen atoms in total. The molecule has 2 N–H and O–H groups in total. The average molecular weight is 253 g/mol. The maximum atomic E-state index is 12.1. The van der Waals surface area contributed by atoms with E-state index in [4.69, 9.17) is 0 Å². The molecule has 0 saturated heterocycles. The minimum Gasteiger partial charge on any atom is -0.480 e. The van der Waals surface area contributed by atoms with E-state index >= 15 is 0 Å². The number of rotatable bonds is 3. The van der Waals surface area contributed by atoms with Gasteiger partial charge in [0, 0.05) is 5.92 Å². The van der Waals surface area contributed by atoms with Crippen LogP contribution in [0.5, 0.6) is 0 Å². The zero-order chi connectivity index (χ0) is 13.6. The van der Waals surface area contributed by atoms with Gasteiger partial charge in [0.25, 0.3) is 0 Å². The zero-order valence-electron chi connectivity index (χ0n) is 11.5. The second-order valence-corrected chi connectivity index (χ2v) is 6.82. The molecule has 2 rings (SSSR count).